The van der Waals surface area contributed by atoms with E-state index in [9.17, 15) is 14.7 Å². The Morgan fingerprint density at radius 1 is 1.17 bits per heavy atom. The number of aliphatic hydroxyl groups excluding tert-OH is 1. The molecule has 0 unspecified atom stereocenters. The van der Waals surface area contributed by atoms with Crippen LogP contribution in [-0.4, -0.2) is 35.9 Å². The summed E-state index contributed by atoms with van der Waals surface area (Å²) in [7, 11) is 3.30. The number of anilines is 1. The molecular weight excluding hydrogens is 417 g/mol. The van der Waals surface area contributed by atoms with Crippen molar-refractivity contribution in [3.05, 3.63) is 54.6 Å². The van der Waals surface area contributed by atoms with Gasteiger partial charge < -0.3 is 15.0 Å². The van der Waals surface area contributed by atoms with Crippen molar-refractivity contribution in [2.75, 3.05) is 5.32 Å². The number of aromatic nitrogens is 4. The first kappa shape index (κ1) is 20.0. The zero-order chi connectivity index (χ0) is 20.9. The van der Waals surface area contributed by atoms with E-state index in [4.69, 9.17) is 23.2 Å². The van der Waals surface area contributed by atoms with Gasteiger partial charge in [-0.1, -0.05) is 29.3 Å². The van der Waals surface area contributed by atoms with Gasteiger partial charge in [-0.15, -0.1) is 0 Å². The second-order valence-electron chi connectivity index (χ2n) is 7.40. The third-order valence-corrected chi connectivity index (χ3v) is 6.22. The Labute approximate surface area is 176 Å². The average molecular weight is 438 g/mol. The van der Waals surface area contributed by atoms with E-state index in [0.717, 1.165) is 23.8 Å². The van der Waals surface area contributed by atoms with Crippen molar-refractivity contribution in [2.24, 2.45) is 14.1 Å². The van der Waals surface area contributed by atoms with Gasteiger partial charge in [-0.25, -0.2) is 4.79 Å². The lowest BCUT2D eigenvalue weighted by molar-refractivity contribution is 0.171. The first-order chi connectivity index (χ1) is 13.8. The number of hydrogen-bond acceptors (Lipinski definition) is 5. The largest absolute Gasteiger partial charge is 0.391 e. The monoisotopic (exact) mass is 437 g/mol. The summed E-state index contributed by atoms with van der Waals surface area (Å²) >= 11 is 12.0. The molecular formula is C19H21Cl2N5O3. The fourth-order valence-corrected chi connectivity index (χ4v) is 4.13. The first-order valence-corrected chi connectivity index (χ1v) is 10.1. The van der Waals surface area contributed by atoms with E-state index in [2.05, 4.69) is 10.3 Å². The minimum atomic E-state index is -0.473. The summed E-state index contributed by atoms with van der Waals surface area (Å²) in [6.45, 7) is 0.0631. The van der Waals surface area contributed by atoms with Crippen molar-refractivity contribution >= 4 is 40.3 Å². The number of rotatable bonds is 4. The molecule has 2 aromatic heterocycles. The summed E-state index contributed by atoms with van der Waals surface area (Å²) in [4.78, 5) is 30.4. The molecule has 0 radical (unpaired) electrons. The third-order valence-electron chi connectivity index (χ3n) is 5.48. The number of imidazole rings is 1. The van der Waals surface area contributed by atoms with Crippen LogP contribution in [0.4, 0.5) is 5.95 Å². The fourth-order valence-electron chi connectivity index (χ4n) is 3.81. The van der Waals surface area contributed by atoms with E-state index < -0.39 is 17.4 Å². The maximum Gasteiger partial charge on any atom is 0.332 e. The Bertz CT molecular complexity index is 1210. The summed E-state index contributed by atoms with van der Waals surface area (Å²) in [6, 6.07) is 4.87. The number of hydrogen-bond donors (Lipinski definition) is 2. The molecule has 4 rings (SSSR count). The van der Waals surface area contributed by atoms with E-state index in [1.54, 1.807) is 36.9 Å². The predicted octanol–water partition coefficient (Wildman–Crippen LogP) is 2.11. The van der Waals surface area contributed by atoms with Crippen molar-refractivity contribution in [1.29, 1.82) is 0 Å². The highest BCUT2D eigenvalue weighted by molar-refractivity contribution is 6.42. The van der Waals surface area contributed by atoms with E-state index in [0.29, 0.717) is 32.7 Å². The standard InChI is InChI=1S/C19H21Cl2N5O3/c1-24-15-16(23-18(24)22-13-4-3-5-14(13)27)25(2)19(29)26(17(15)28)9-10-6-7-11(20)12(21)8-10/h6-8,13-14,27H,3-5,9H2,1-2H3,(H,22,23)/t13-,14-/m1/s1. The molecule has 3 aromatic rings. The van der Waals surface area contributed by atoms with E-state index in [1.807, 2.05) is 0 Å². The minimum Gasteiger partial charge on any atom is -0.391 e. The van der Waals surface area contributed by atoms with Gasteiger partial charge in [0.05, 0.1) is 28.7 Å². The van der Waals surface area contributed by atoms with Crippen LogP contribution in [0, 0.1) is 0 Å². The number of halogens is 2. The van der Waals surface area contributed by atoms with Gasteiger partial charge in [-0.3, -0.25) is 13.9 Å². The van der Waals surface area contributed by atoms with Crippen molar-refractivity contribution < 1.29 is 5.11 Å². The summed E-state index contributed by atoms with van der Waals surface area (Å²) in [5.41, 5.74) is 0.376. The summed E-state index contributed by atoms with van der Waals surface area (Å²) in [5, 5.41) is 14.1. The molecule has 1 aliphatic rings. The number of aryl methyl sites for hydroxylation is 2. The highest BCUT2D eigenvalue weighted by Crippen LogP contribution is 2.24. The second kappa shape index (κ2) is 7.51. The lowest BCUT2D eigenvalue weighted by Gasteiger charge is -2.16. The molecule has 0 amide bonds. The van der Waals surface area contributed by atoms with Gasteiger partial charge in [0.25, 0.3) is 5.56 Å². The van der Waals surface area contributed by atoms with Crippen LogP contribution >= 0.6 is 23.2 Å². The van der Waals surface area contributed by atoms with Gasteiger partial charge in [-0.05, 0) is 37.0 Å². The van der Waals surface area contributed by atoms with Crippen molar-refractivity contribution in [3.63, 3.8) is 0 Å². The van der Waals surface area contributed by atoms with E-state index >= 15 is 0 Å². The molecule has 0 aliphatic heterocycles. The van der Waals surface area contributed by atoms with Gasteiger partial charge in [-0.2, -0.15) is 4.98 Å². The Morgan fingerprint density at radius 3 is 2.59 bits per heavy atom. The average Bonchev–Trinajstić information content (AvgIpc) is 3.24. The Hall–Kier alpha value is -2.29. The van der Waals surface area contributed by atoms with Crippen molar-refractivity contribution in [1.82, 2.24) is 18.7 Å². The number of nitrogens with one attached hydrogen (secondary N) is 1. The molecule has 1 fully saturated rings. The molecule has 8 nitrogen and oxygen atoms in total. The maximum absolute atomic E-state index is 13.1. The molecule has 1 aromatic carbocycles. The molecule has 0 saturated heterocycles. The van der Waals surface area contributed by atoms with Crippen LogP contribution in [0.5, 0.6) is 0 Å². The highest BCUT2D eigenvalue weighted by Gasteiger charge is 2.27. The molecule has 2 heterocycles. The van der Waals surface area contributed by atoms with Gasteiger partial charge in [0, 0.05) is 14.1 Å². The van der Waals surface area contributed by atoms with Gasteiger partial charge in [0.2, 0.25) is 5.95 Å². The third kappa shape index (κ3) is 3.45. The molecule has 2 N–H and O–H groups in total. The van der Waals surface area contributed by atoms with Crippen molar-refractivity contribution in [3.8, 4) is 0 Å². The first-order valence-electron chi connectivity index (χ1n) is 9.32. The molecule has 2 atom stereocenters. The molecule has 1 aliphatic carbocycles. The molecule has 10 heteroatoms. The van der Waals surface area contributed by atoms with E-state index in [-0.39, 0.29) is 12.6 Å². The lowest BCUT2D eigenvalue weighted by atomic mass is 10.2. The van der Waals surface area contributed by atoms with E-state index in [1.165, 1.54) is 4.57 Å². The highest BCUT2D eigenvalue weighted by atomic mass is 35.5. The molecule has 154 valence electrons. The Morgan fingerprint density at radius 2 is 1.93 bits per heavy atom. The molecule has 1 saturated carbocycles. The molecule has 29 heavy (non-hydrogen) atoms. The van der Waals surface area contributed by atoms with Crippen LogP contribution in [0.25, 0.3) is 11.2 Å². The van der Waals surface area contributed by atoms with Crippen LogP contribution in [-0.2, 0) is 20.6 Å². The summed E-state index contributed by atoms with van der Waals surface area (Å²) in [6.07, 6.45) is 2.03. The minimum absolute atomic E-state index is 0.0631. The zero-order valence-corrected chi connectivity index (χ0v) is 17.5. The van der Waals surface area contributed by atoms with Crippen LogP contribution in [0.3, 0.4) is 0 Å². The van der Waals surface area contributed by atoms with Crippen LogP contribution < -0.4 is 16.6 Å². The van der Waals surface area contributed by atoms with Gasteiger partial charge >= 0.3 is 5.69 Å². The number of aliphatic hydroxyl groups is 1. The normalized spacial score (nSPS) is 19.2. The molecule has 0 bridgehead atoms. The van der Waals surface area contributed by atoms with Crippen LogP contribution in [0.1, 0.15) is 24.8 Å². The fraction of sp³-hybridized carbons (Fsp3) is 0.421. The van der Waals surface area contributed by atoms with Crippen LogP contribution in [0.15, 0.2) is 27.8 Å². The SMILES string of the molecule is Cn1c(N[C@@H]2CCC[C@H]2O)nc2c1c(=O)n(Cc1ccc(Cl)c(Cl)c1)c(=O)n2C. The van der Waals surface area contributed by atoms with Gasteiger partial charge in [0.15, 0.2) is 11.2 Å². The Balaban J connectivity index is 1.80. The topological polar surface area (TPSA) is 94.1 Å². The smallest absolute Gasteiger partial charge is 0.332 e. The predicted molar refractivity (Wildman–Crippen MR) is 113 cm³/mol. The summed E-state index contributed by atoms with van der Waals surface area (Å²) in [5.74, 6) is 0.449. The number of nitrogens with zero attached hydrogens (tertiary/aromatic N) is 4. The lowest BCUT2D eigenvalue weighted by Crippen LogP contribution is -2.39. The number of fused-ring (bicyclic) bond motifs is 1. The zero-order valence-electron chi connectivity index (χ0n) is 16.0. The number of benzene rings is 1. The summed E-state index contributed by atoms with van der Waals surface area (Å²) < 4.78 is 4.13. The Kier molecular flexibility index (Phi) is 5.18. The molecule has 0 spiro atoms. The van der Waals surface area contributed by atoms with Crippen molar-refractivity contribution in [2.45, 2.75) is 38.0 Å². The van der Waals surface area contributed by atoms with Crippen LogP contribution in [0.2, 0.25) is 10.0 Å². The second-order valence-corrected chi connectivity index (χ2v) is 8.21. The quantitative estimate of drug-likeness (QED) is 0.651. The van der Waals surface area contributed by atoms with Gasteiger partial charge in [0.1, 0.15) is 0 Å². The maximum atomic E-state index is 13.1.